The van der Waals surface area contributed by atoms with Gasteiger partial charge in [0.2, 0.25) is 0 Å². The van der Waals surface area contributed by atoms with Crippen LogP contribution in [0.4, 0.5) is 0 Å². The summed E-state index contributed by atoms with van der Waals surface area (Å²) in [4.78, 5) is 0. The lowest BCUT2D eigenvalue weighted by Gasteiger charge is -2.15. The number of hydrogen-bond donors (Lipinski definition) is 3. The Kier molecular flexibility index (Phi) is 5.07. The van der Waals surface area contributed by atoms with Gasteiger partial charge in [-0.2, -0.15) is 12.6 Å². The largest absolute Gasteiger partial charge is 0.490 e. The van der Waals surface area contributed by atoms with E-state index in [0.717, 1.165) is 16.5 Å². The summed E-state index contributed by atoms with van der Waals surface area (Å²) in [5.41, 5.74) is 0. The molecule has 0 aromatic heterocycles. The van der Waals surface area contributed by atoms with Crippen LogP contribution in [0.5, 0.6) is 5.75 Å². The normalized spacial score (nSPS) is 14.3. The number of thiol groups is 1. The smallest absolute Gasteiger partial charge is 0.127 e. The van der Waals surface area contributed by atoms with Gasteiger partial charge in [-0.15, -0.1) is 0 Å². The van der Waals surface area contributed by atoms with Crippen LogP contribution >= 0.6 is 12.6 Å². The molecule has 0 fully saturated rings. The van der Waals surface area contributed by atoms with Gasteiger partial charge in [0.1, 0.15) is 18.5 Å². The van der Waals surface area contributed by atoms with Gasteiger partial charge in [0.15, 0.2) is 0 Å². The van der Waals surface area contributed by atoms with Crippen molar-refractivity contribution in [2.75, 3.05) is 13.2 Å². The SMILES string of the molecule is CC(S)NCC(O)COc1cccc2ccccc12. The second-order valence-electron chi connectivity index (χ2n) is 4.53. The summed E-state index contributed by atoms with van der Waals surface area (Å²) >= 11 is 4.20. The van der Waals surface area contributed by atoms with Crippen LogP contribution in [-0.4, -0.2) is 29.7 Å². The second kappa shape index (κ2) is 6.80. The summed E-state index contributed by atoms with van der Waals surface area (Å²) in [5.74, 6) is 0.802. The average Bonchev–Trinajstić information content (AvgIpc) is 2.42. The summed E-state index contributed by atoms with van der Waals surface area (Å²) in [6, 6.07) is 14.0. The summed E-state index contributed by atoms with van der Waals surface area (Å²) < 4.78 is 5.70. The molecule has 0 heterocycles. The topological polar surface area (TPSA) is 41.5 Å². The molecule has 0 amide bonds. The van der Waals surface area contributed by atoms with Crippen molar-refractivity contribution in [1.29, 1.82) is 0 Å². The van der Waals surface area contributed by atoms with Crippen molar-refractivity contribution in [3.8, 4) is 5.75 Å². The molecule has 2 aromatic rings. The molecule has 2 rings (SSSR count). The fourth-order valence-electron chi connectivity index (χ4n) is 1.87. The van der Waals surface area contributed by atoms with Gasteiger partial charge in [-0.05, 0) is 18.4 Å². The van der Waals surface area contributed by atoms with Crippen molar-refractivity contribution in [2.45, 2.75) is 18.4 Å². The lowest BCUT2D eigenvalue weighted by atomic mass is 10.1. The molecule has 2 atom stereocenters. The van der Waals surface area contributed by atoms with E-state index in [9.17, 15) is 5.11 Å². The van der Waals surface area contributed by atoms with Crippen LogP contribution < -0.4 is 10.1 Å². The van der Waals surface area contributed by atoms with E-state index in [0.29, 0.717) is 6.54 Å². The Labute approximate surface area is 119 Å². The number of nitrogens with one attached hydrogen (secondary N) is 1. The fraction of sp³-hybridized carbons (Fsp3) is 0.333. The highest BCUT2D eigenvalue weighted by Crippen LogP contribution is 2.25. The Morgan fingerprint density at radius 2 is 1.95 bits per heavy atom. The Bertz CT molecular complexity index is 525. The minimum atomic E-state index is -0.548. The van der Waals surface area contributed by atoms with E-state index in [1.54, 1.807) is 0 Å². The summed E-state index contributed by atoms with van der Waals surface area (Å²) in [6.07, 6.45) is -0.548. The predicted octanol–water partition coefficient (Wildman–Crippen LogP) is 2.44. The van der Waals surface area contributed by atoms with E-state index in [1.807, 2.05) is 49.4 Å². The summed E-state index contributed by atoms with van der Waals surface area (Å²) in [7, 11) is 0. The molecule has 4 heteroatoms. The van der Waals surface area contributed by atoms with Gasteiger partial charge in [0.25, 0.3) is 0 Å². The third kappa shape index (κ3) is 4.13. The molecule has 0 aliphatic rings. The molecule has 3 nitrogen and oxygen atoms in total. The number of benzene rings is 2. The van der Waals surface area contributed by atoms with Gasteiger partial charge < -0.3 is 15.2 Å². The zero-order chi connectivity index (χ0) is 13.7. The standard InChI is InChI=1S/C15H19NO2S/c1-11(19)16-9-13(17)10-18-15-8-4-6-12-5-2-3-7-14(12)15/h2-8,11,13,16-17,19H,9-10H2,1H3. The molecule has 0 aliphatic heterocycles. The third-order valence-electron chi connectivity index (χ3n) is 2.83. The highest BCUT2D eigenvalue weighted by molar-refractivity contribution is 7.80. The molecule has 19 heavy (non-hydrogen) atoms. The minimum Gasteiger partial charge on any atom is -0.490 e. The van der Waals surface area contributed by atoms with E-state index in [1.165, 1.54) is 0 Å². The average molecular weight is 277 g/mol. The van der Waals surface area contributed by atoms with Gasteiger partial charge >= 0.3 is 0 Å². The van der Waals surface area contributed by atoms with Gasteiger partial charge in [-0.3, -0.25) is 0 Å². The lowest BCUT2D eigenvalue weighted by Crippen LogP contribution is -2.34. The monoisotopic (exact) mass is 277 g/mol. The molecule has 2 unspecified atom stereocenters. The van der Waals surface area contributed by atoms with E-state index in [-0.39, 0.29) is 12.0 Å². The maximum Gasteiger partial charge on any atom is 0.127 e. The van der Waals surface area contributed by atoms with Gasteiger partial charge in [-0.1, -0.05) is 36.4 Å². The molecule has 102 valence electrons. The first-order chi connectivity index (χ1) is 9.16. The molecule has 2 N–H and O–H groups in total. The summed E-state index contributed by atoms with van der Waals surface area (Å²) in [5, 5.41) is 15.1. The first-order valence-electron chi connectivity index (χ1n) is 6.37. The predicted molar refractivity (Wildman–Crippen MR) is 81.9 cm³/mol. The highest BCUT2D eigenvalue weighted by atomic mass is 32.1. The van der Waals surface area contributed by atoms with Crippen molar-refractivity contribution in [3.05, 3.63) is 42.5 Å². The Morgan fingerprint density at radius 1 is 1.21 bits per heavy atom. The number of aliphatic hydroxyl groups excluding tert-OH is 1. The van der Waals surface area contributed by atoms with Crippen molar-refractivity contribution in [3.63, 3.8) is 0 Å². The van der Waals surface area contributed by atoms with E-state index in [2.05, 4.69) is 17.9 Å². The third-order valence-corrected chi connectivity index (χ3v) is 3.01. The van der Waals surface area contributed by atoms with Crippen molar-refractivity contribution in [1.82, 2.24) is 5.32 Å². The van der Waals surface area contributed by atoms with E-state index in [4.69, 9.17) is 4.74 Å². The highest BCUT2D eigenvalue weighted by Gasteiger charge is 2.07. The Balaban J connectivity index is 1.98. The molecule has 0 spiro atoms. The Hall–Kier alpha value is -1.23. The zero-order valence-corrected chi connectivity index (χ0v) is 11.8. The first kappa shape index (κ1) is 14.2. The number of fused-ring (bicyclic) bond motifs is 1. The van der Waals surface area contributed by atoms with E-state index >= 15 is 0 Å². The Morgan fingerprint density at radius 3 is 2.74 bits per heavy atom. The fourth-order valence-corrected chi connectivity index (χ4v) is 1.98. The molecular formula is C15H19NO2S. The van der Waals surface area contributed by atoms with Gasteiger partial charge in [-0.25, -0.2) is 0 Å². The maximum atomic E-state index is 9.81. The molecule has 0 saturated heterocycles. The molecular weight excluding hydrogens is 258 g/mol. The molecule has 0 aliphatic carbocycles. The van der Waals surface area contributed by atoms with Crippen LogP contribution in [-0.2, 0) is 0 Å². The van der Waals surface area contributed by atoms with Crippen molar-refractivity contribution < 1.29 is 9.84 Å². The number of aliphatic hydroxyl groups is 1. The lowest BCUT2D eigenvalue weighted by molar-refractivity contribution is 0.107. The molecule has 0 radical (unpaired) electrons. The van der Waals surface area contributed by atoms with Crippen LogP contribution in [0.25, 0.3) is 10.8 Å². The maximum absolute atomic E-state index is 9.81. The number of rotatable bonds is 6. The van der Waals surface area contributed by atoms with Crippen LogP contribution in [0.1, 0.15) is 6.92 Å². The van der Waals surface area contributed by atoms with Crippen LogP contribution in [0, 0.1) is 0 Å². The van der Waals surface area contributed by atoms with E-state index < -0.39 is 6.10 Å². The summed E-state index contributed by atoms with van der Waals surface area (Å²) in [6.45, 7) is 2.65. The minimum absolute atomic E-state index is 0.0622. The molecule has 0 saturated carbocycles. The van der Waals surface area contributed by atoms with Crippen molar-refractivity contribution >= 4 is 23.4 Å². The van der Waals surface area contributed by atoms with Gasteiger partial charge in [0.05, 0.1) is 0 Å². The van der Waals surface area contributed by atoms with Crippen molar-refractivity contribution in [2.24, 2.45) is 0 Å². The van der Waals surface area contributed by atoms with Gasteiger partial charge in [0, 0.05) is 17.3 Å². The number of ether oxygens (including phenoxy) is 1. The molecule has 2 aromatic carbocycles. The zero-order valence-electron chi connectivity index (χ0n) is 10.9. The molecule has 0 bridgehead atoms. The quantitative estimate of drug-likeness (QED) is 0.561. The number of hydrogen-bond acceptors (Lipinski definition) is 4. The second-order valence-corrected chi connectivity index (χ2v) is 5.30. The van der Waals surface area contributed by atoms with Crippen LogP contribution in [0.2, 0.25) is 0 Å². The van der Waals surface area contributed by atoms with Crippen LogP contribution in [0.15, 0.2) is 42.5 Å². The first-order valence-corrected chi connectivity index (χ1v) is 6.88. The van der Waals surface area contributed by atoms with Crippen LogP contribution in [0.3, 0.4) is 0 Å².